The van der Waals surface area contributed by atoms with Gasteiger partial charge < -0.3 is 10.8 Å². The van der Waals surface area contributed by atoms with Gasteiger partial charge in [-0.1, -0.05) is 65.1 Å². The molecule has 0 heterocycles. The molecule has 0 saturated carbocycles. The summed E-state index contributed by atoms with van der Waals surface area (Å²) in [5, 5.41) is 8.52. The van der Waals surface area contributed by atoms with Gasteiger partial charge >= 0.3 is 5.97 Å². The summed E-state index contributed by atoms with van der Waals surface area (Å²) >= 11 is 14.4. The molecule has 0 spiro atoms. The highest BCUT2D eigenvalue weighted by atomic mass is 35.6. The van der Waals surface area contributed by atoms with Crippen molar-refractivity contribution in [1.29, 1.82) is 0 Å². The minimum absolute atomic E-state index is 0.385. The Hall–Kier alpha value is -0.480. The summed E-state index contributed by atoms with van der Waals surface area (Å²) in [5.41, 5.74) is 6.30. The lowest BCUT2D eigenvalue weighted by Crippen LogP contribution is -2.32. The highest BCUT2D eigenvalue weighted by molar-refractivity contribution is 6.63. The van der Waals surface area contributed by atoms with E-state index in [4.69, 9.17) is 45.6 Å². The van der Waals surface area contributed by atoms with Crippen molar-refractivity contribution < 1.29 is 9.90 Å². The van der Waals surface area contributed by atoms with Crippen molar-refractivity contribution in [2.45, 2.75) is 16.8 Å². The Morgan fingerprint density at radius 3 is 2.06 bits per heavy atom. The van der Waals surface area contributed by atoms with Crippen LogP contribution in [0.1, 0.15) is 5.56 Å². The van der Waals surface area contributed by atoms with E-state index in [0.29, 0.717) is 6.42 Å². The zero-order chi connectivity index (χ0) is 12.6. The molecule has 0 aliphatic rings. The van der Waals surface area contributed by atoms with Crippen LogP contribution < -0.4 is 5.73 Å². The number of hydrogen-bond acceptors (Lipinski definition) is 2. The smallest absolute Gasteiger partial charge is 0.320 e. The van der Waals surface area contributed by atoms with Gasteiger partial charge in [-0.25, -0.2) is 0 Å². The molecule has 0 saturated heterocycles. The van der Waals surface area contributed by atoms with Crippen LogP contribution in [0.5, 0.6) is 0 Å². The minimum atomic E-state index is -0.959. The van der Waals surface area contributed by atoms with Gasteiger partial charge in [-0.3, -0.25) is 4.79 Å². The zero-order valence-electron chi connectivity index (χ0n) is 8.32. The molecular weight excluding hydrogens is 272 g/mol. The third-order valence-electron chi connectivity index (χ3n) is 1.62. The Labute approximate surface area is 109 Å². The third kappa shape index (κ3) is 8.80. The first-order chi connectivity index (χ1) is 7.43. The first kappa shape index (κ1) is 15.5. The van der Waals surface area contributed by atoms with Gasteiger partial charge in [0.2, 0.25) is 0 Å². The van der Waals surface area contributed by atoms with Crippen molar-refractivity contribution in [3.8, 4) is 0 Å². The highest BCUT2D eigenvalue weighted by Crippen LogP contribution is 2.03. The van der Waals surface area contributed by atoms with E-state index in [0.717, 1.165) is 5.56 Å². The number of carboxylic acids is 1. The molecule has 90 valence electrons. The van der Waals surface area contributed by atoms with E-state index in [1.165, 1.54) is 0 Å². The molecule has 3 N–H and O–H groups in total. The van der Waals surface area contributed by atoms with E-state index in [2.05, 4.69) is 0 Å². The van der Waals surface area contributed by atoms with Gasteiger partial charge in [-0.2, -0.15) is 0 Å². The zero-order valence-corrected chi connectivity index (χ0v) is 10.6. The SMILES string of the molecule is ClC(Cl)Cl.NC(Cc1ccccc1)C(=O)O. The molecule has 3 nitrogen and oxygen atoms in total. The fraction of sp³-hybridized carbons (Fsp3) is 0.300. The molecule has 1 aromatic rings. The Balaban J connectivity index is 0.000000487. The van der Waals surface area contributed by atoms with E-state index in [1.807, 2.05) is 30.3 Å². The molecule has 16 heavy (non-hydrogen) atoms. The predicted octanol–water partition coefficient (Wildman–Crippen LogP) is 2.63. The molecule has 0 fully saturated rings. The number of carbonyl (C=O) groups is 1. The van der Waals surface area contributed by atoms with Gasteiger partial charge in [0.25, 0.3) is 0 Å². The van der Waals surface area contributed by atoms with Gasteiger partial charge in [-0.05, 0) is 12.0 Å². The number of alkyl halides is 3. The number of aliphatic carboxylic acids is 1. The molecule has 0 aliphatic heterocycles. The molecule has 6 heteroatoms. The van der Waals surface area contributed by atoms with Crippen molar-refractivity contribution in [1.82, 2.24) is 0 Å². The second-order valence-corrected chi connectivity index (χ2v) is 4.86. The van der Waals surface area contributed by atoms with Gasteiger partial charge in [0.15, 0.2) is 4.30 Å². The van der Waals surface area contributed by atoms with Crippen LogP contribution in [0.2, 0.25) is 0 Å². The van der Waals surface area contributed by atoms with Gasteiger partial charge in [-0.15, -0.1) is 0 Å². The summed E-state index contributed by atoms with van der Waals surface area (Å²) in [6.07, 6.45) is 0.385. The summed E-state index contributed by atoms with van der Waals surface area (Å²) in [6, 6.07) is 8.54. The maximum absolute atomic E-state index is 10.4. The normalized spacial score (nSPS) is 11.6. The molecule has 1 aromatic carbocycles. The topological polar surface area (TPSA) is 63.3 Å². The third-order valence-corrected chi connectivity index (χ3v) is 1.62. The highest BCUT2D eigenvalue weighted by Gasteiger charge is 2.10. The lowest BCUT2D eigenvalue weighted by atomic mass is 10.1. The van der Waals surface area contributed by atoms with Crippen LogP contribution in [0.3, 0.4) is 0 Å². The molecule has 0 aromatic heterocycles. The summed E-state index contributed by atoms with van der Waals surface area (Å²) in [7, 11) is 0. The van der Waals surface area contributed by atoms with Crippen LogP contribution in [0.15, 0.2) is 30.3 Å². The fourth-order valence-corrected chi connectivity index (χ4v) is 0.955. The molecular formula is C10H12Cl3NO2. The number of benzene rings is 1. The summed E-state index contributed by atoms with van der Waals surface area (Å²) in [5.74, 6) is -0.959. The Bertz CT molecular complexity index is 303. The standard InChI is InChI=1S/C9H11NO2.CHCl3/c10-8(9(11)12)6-7-4-2-1-3-5-7;2-1(3)4/h1-5,8H,6,10H2,(H,11,12);1H. The average molecular weight is 285 g/mol. The van der Waals surface area contributed by atoms with Gasteiger partial charge in [0.1, 0.15) is 6.04 Å². The minimum Gasteiger partial charge on any atom is -0.480 e. The Kier molecular flexibility index (Phi) is 8.39. The van der Waals surface area contributed by atoms with Crippen LogP contribution in [-0.2, 0) is 11.2 Å². The van der Waals surface area contributed by atoms with E-state index in [1.54, 1.807) is 0 Å². The summed E-state index contributed by atoms with van der Waals surface area (Å²) in [6.45, 7) is 0. The molecule has 0 aliphatic carbocycles. The predicted molar refractivity (Wildman–Crippen MR) is 67.1 cm³/mol. The molecule has 0 bridgehead atoms. The molecule has 1 rings (SSSR count). The van der Waals surface area contributed by atoms with E-state index < -0.39 is 16.3 Å². The number of halogens is 3. The largest absolute Gasteiger partial charge is 0.480 e. The fourth-order valence-electron chi connectivity index (χ4n) is 0.955. The lowest BCUT2D eigenvalue weighted by Gasteiger charge is -2.04. The van der Waals surface area contributed by atoms with Crippen LogP contribution in [0.25, 0.3) is 0 Å². The quantitative estimate of drug-likeness (QED) is 0.839. The van der Waals surface area contributed by atoms with Crippen molar-refractivity contribution in [2.24, 2.45) is 5.73 Å². The molecule has 0 amide bonds. The number of rotatable bonds is 3. The molecule has 1 unspecified atom stereocenters. The lowest BCUT2D eigenvalue weighted by molar-refractivity contribution is -0.138. The van der Waals surface area contributed by atoms with E-state index >= 15 is 0 Å². The van der Waals surface area contributed by atoms with E-state index in [-0.39, 0.29) is 0 Å². The average Bonchev–Trinajstić information content (AvgIpc) is 2.18. The first-order valence-corrected chi connectivity index (χ1v) is 5.69. The van der Waals surface area contributed by atoms with Crippen molar-refractivity contribution in [3.63, 3.8) is 0 Å². The van der Waals surface area contributed by atoms with Crippen LogP contribution in [0.4, 0.5) is 0 Å². The summed E-state index contributed by atoms with van der Waals surface area (Å²) < 4.78 is -0.750. The molecule has 1 atom stereocenters. The van der Waals surface area contributed by atoms with Crippen LogP contribution in [-0.4, -0.2) is 21.4 Å². The van der Waals surface area contributed by atoms with Gasteiger partial charge in [0.05, 0.1) is 0 Å². The Morgan fingerprint density at radius 1 is 1.25 bits per heavy atom. The van der Waals surface area contributed by atoms with Crippen molar-refractivity contribution in [3.05, 3.63) is 35.9 Å². The number of hydrogen-bond donors (Lipinski definition) is 2. The van der Waals surface area contributed by atoms with Crippen molar-refractivity contribution >= 4 is 40.8 Å². The first-order valence-electron chi connectivity index (χ1n) is 4.38. The van der Waals surface area contributed by atoms with E-state index in [9.17, 15) is 4.79 Å². The Morgan fingerprint density at radius 2 is 1.69 bits per heavy atom. The summed E-state index contributed by atoms with van der Waals surface area (Å²) in [4.78, 5) is 10.4. The second-order valence-electron chi connectivity index (χ2n) is 2.88. The van der Waals surface area contributed by atoms with Crippen molar-refractivity contribution in [2.75, 3.05) is 0 Å². The number of nitrogens with two attached hydrogens (primary N) is 1. The molecule has 0 radical (unpaired) electrons. The van der Waals surface area contributed by atoms with Crippen LogP contribution in [0, 0.1) is 0 Å². The maximum atomic E-state index is 10.4. The second kappa shape index (κ2) is 8.65. The maximum Gasteiger partial charge on any atom is 0.320 e. The monoisotopic (exact) mass is 283 g/mol. The van der Waals surface area contributed by atoms with Gasteiger partial charge in [0, 0.05) is 0 Å². The number of carboxylic acid groups (broad SMARTS) is 1. The van der Waals surface area contributed by atoms with Crippen LogP contribution >= 0.6 is 34.8 Å².